The van der Waals surface area contributed by atoms with Crippen molar-refractivity contribution in [3.8, 4) is 6.07 Å². The number of hydrogen-bond donors (Lipinski definition) is 1. The van der Waals surface area contributed by atoms with Crippen molar-refractivity contribution in [2.75, 3.05) is 0 Å². The van der Waals surface area contributed by atoms with E-state index in [4.69, 9.17) is 0 Å². The normalized spacial score (nSPS) is 18.1. The summed E-state index contributed by atoms with van der Waals surface area (Å²) < 4.78 is 0.986. The van der Waals surface area contributed by atoms with Crippen molar-refractivity contribution in [3.63, 3.8) is 0 Å². The molecule has 1 amide bonds. The molecule has 0 heterocycles. The SMILES string of the molecule is Cc1cc(C(=O)NC2(C#N)CCCCCCC2)ccc1Br. The lowest BCUT2D eigenvalue weighted by molar-refractivity contribution is 0.0907. The van der Waals surface area contributed by atoms with Gasteiger partial charge in [0.25, 0.3) is 5.91 Å². The van der Waals surface area contributed by atoms with Gasteiger partial charge >= 0.3 is 0 Å². The molecule has 0 saturated heterocycles. The number of carbonyl (C=O) groups excluding carboxylic acids is 1. The zero-order chi connectivity index (χ0) is 15.3. The number of aryl methyl sites for hydroxylation is 1. The van der Waals surface area contributed by atoms with Gasteiger partial charge in [0, 0.05) is 10.0 Å². The summed E-state index contributed by atoms with van der Waals surface area (Å²) in [6.45, 7) is 1.96. The molecule has 0 spiro atoms. The fraction of sp³-hybridized carbons (Fsp3) is 0.529. The van der Waals surface area contributed by atoms with Crippen molar-refractivity contribution < 1.29 is 4.79 Å². The Labute approximate surface area is 134 Å². The van der Waals surface area contributed by atoms with Crippen molar-refractivity contribution in [1.82, 2.24) is 5.32 Å². The van der Waals surface area contributed by atoms with E-state index in [-0.39, 0.29) is 5.91 Å². The number of hydrogen-bond acceptors (Lipinski definition) is 2. The molecule has 2 rings (SSSR count). The van der Waals surface area contributed by atoms with Gasteiger partial charge < -0.3 is 5.32 Å². The molecule has 1 aliphatic rings. The van der Waals surface area contributed by atoms with Crippen LogP contribution < -0.4 is 5.32 Å². The molecule has 0 aliphatic heterocycles. The number of rotatable bonds is 2. The van der Waals surface area contributed by atoms with Gasteiger partial charge in [0.05, 0.1) is 6.07 Å². The third kappa shape index (κ3) is 4.07. The quantitative estimate of drug-likeness (QED) is 0.855. The Morgan fingerprint density at radius 2 is 1.86 bits per heavy atom. The van der Waals surface area contributed by atoms with E-state index in [1.165, 1.54) is 6.42 Å². The van der Waals surface area contributed by atoms with Gasteiger partial charge in [-0.3, -0.25) is 4.79 Å². The second kappa shape index (κ2) is 7.09. The van der Waals surface area contributed by atoms with E-state index < -0.39 is 5.54 Å². The van der Waals surface area contributed by atoms with Crippen LogP contribution in [0.15, 0.2) is 22.7 Å². The fourth-order valence-electron chi connectivity index (χ4n) is 2.85. The molecule has 1 N–H and O–H groups in total. The van der Waals surface area contributed by atoms with Crippen LogP contribution in [-0.4, -0.2) is 11.4 Å². The molecule has 1 saturated carbocycles. The number of nitriles is 1. The summed E-state index contributed by atoms with van der Waals surface area (Å²) >= 11 is 3.44. The van der Waals surface area contributed by atoms with Crippen LogP contribution >= 0.6 is 15.9 Å². The van der Waals surface area contributed by atoms with Crippen LogP contribution in [0.25, 0.3) is 0 Å². The van der Waals surface area contributed by atoms with E-state index in [1.54, 1.807) is 6.07 Å². The minimum absolute atomic E-state index is 0.146. The Morgan fingerprint density at radius 1 is 1.24 bits per heavy atom. The van der Waals surface area contributed by atoms with Gasteiger partial charge in [0.1, 0.15) is 5.54 Å². The topological polar surface area (TPSA) is 52.9 Å². The fourth-order valence-corrected chi connectivity index (χ4v) is 3.10. The van der Waals surface area contributed by atoms with Crippen LogP contribution in [0.2, 0.25) is 0 Å². The van der Waals surface area contributed by atoms with Gasteiger partial charge in [-0.1, -0.05) is 48.0 Å². The molecule has 0 bridgehead atoms. The molecule has 0 radical (unpaired) electrons. The van der Waals surface area contributed by atoms with Crippen LogP contribution in [0.4, 0.5) is 0 Å². The van der Waals surface area contributed by atoms with Crippen molar-refractivity contribution in [2.45, 2.75) is 57.4 Å². The predicted molar refractivity (Wildman–Crippen MR) is 87.0 cm³/mol. The summed E-state index contributed by atoms with van der Waals surface area (Å²) in [5.74, 6) is -0.146. The number of benzene rings is 1. The summed E-state index contributed by atoms with van der Waals surface area (Å²) in [5.41, 5.74) is 0.942. The van der Waals surface area contributed by atoms with Gasteiger partial charge in [-0.15, -0.1) is 0 Å². The Kier molecular flexibility index (Phi) is 5.41. The molecule has 0 unspecified atom stereocenters. The van der Waals surface area contributed by atoms with Crippen molar-refractivity contribution in [3.05, 3.63) is 33.8 Å². The van der Waals surface area contributed by atoms with Gasteiger partial charge in [-0.2, -0.15) is 5.26 Å². The highest BCUT2D eigenvalue weighted by atomic mass is 79.9. The summed E-state index contributed by atoms with van der Waals surface area (Å²) in [7, 11) is 0. The summed E-state index contributed by atoms with van der Waals surface area (Å²) in [4.78, 5) is 12.5. The summed E-state index contributed by atoms with van der Waals surface area (Å²) in [6, 6.07) is 7.89. The van der Waals surface area contributed by atoms with Gasteiger partial charge in [0.15, 0.2) is 0 Å². The zero-order valence-corrected chi connectivity index (χ0v) is 14.0. The molecule has 1 aromatic rings. The Morgan fingerprint density at radius 3 is 2.43 bits per heavy atom. The molecule has 0 aromatic heterocycles. The molecular weight excluding hydrogens is 328 g/mol. The Balaban J connectivity index is 2.14. The lowest BCUT2D eigenvalue weighted by atomic mass is 9.85. The first-order chi connectivity index (χ1) is 10.1. The molecule has 0 atom stereocenters. The summed E-state index contributed by atoms with van der Waals surface area (Å²) in [6.07, 6.45) is 7.06. The number of nitrogens with zero attached hydrogens (tertiary/aromatic N) is 1. The first-order valence-electron chi connectivity index (χ1n) is 7.56. The standard InChI is InChI=1S/C17H21BrN2O/c1-13-11-14(7-8-15(13)18)16(21)20-17(12-19)9-5-3-2-4-6-10-17/h7-8,11H,2-6,9-10H2,1H3,(H,20,21). The van der Waals surface area contributed by atoms with E-state index in [9.17, 15) is 10.1 Å². The lowest BCUT2D eigenvalue weighted by Gasteiger charge is -2.29. The molecule has 21 heavy (non-hydrogen) atoms. The van der Waals surface area contributed by atoms with E-state index in [0.29, 0.717) is 5.56 Å². The van der Waals surface area contributed by atoms with Crippen LogP contribution in [-0.2, 0) is 0 Å². The second-order valence-electron chi connectivity index (χ2n) is 5.88. The Bertz CT molecular complexity index is 554. The smallest absolute Gasteiger partial charge is 0.252 e. The van der Waals surface area contributed by atoms with Crippen molar-refractivity contribution >= 4 is 21.8 Å². The maximum atomic E-state index is 12.5. The van der Waals surface area contributed by atoms with Crippen LogP contribution in [0.3, 0.4) is 0 Å². The Hall–Kier alpha value is -1.34. The minimum Gasteiger partial charge on any atom is -0.334 e. The predicted octanol–water partition coefficient (Wildman–Crippen LogP) is 4.49. The number of nitrogens with one attached hydrogen (secondary N) is 1. The molecule has 112 valence electrons. The first-order valence-corrected chi connectivity index (χ1v) is 8.35. The van der Waals surface area contributed by atoms with Crippen LogP contribution in [0.1, 0.15) is 60.9 Å². The highest BCUT2D eigenvalue weighted by Crippen LogP contribution is 2.26. The average molecular weight is 349 g/mol. The zero-order valence-electron chi connectivity index (χ0n) is 12.4. The van der Waals surface area contributed by atoms with Crippen LogP contribution in [0, 0.1) is 18.3 Å². The van der Waals surface area contributed by atoms with Crippen molar-refractivity contribution in [1.29, 1.82) is 5.26 Å². The summed E-state index contributed by atoms with van der Waals surface area (Å²) in [5, 5.41) is 12.6. The molecule has 4 heteroatoms. The third-order valence-electron chi connectivity index (χ3n) is 4.19. The van der Waals surface area contributed by atoms with Crippen molar-refractivity contribution in [2.24, 2.45) is 0 Å². The highest BCUT2D eigenvalue weighted by molar-refractivity contribution is 9.10. The van der Waals surface area contributed by atoms with E-state index >= 15 is 0 Å². The first kappa shape index (κ1) is 16.0. The van der Waals surface area contributed by atoms with Gasteiger partial charge in [-0.05, 0) is 43.5 Å². The second-order valence-corrected chi connectivity index (χ2v) is 6.73. The number of halogens is 1. The lowest BCUT2D eigenvalue weighted by Crippen LogP contribution is -2.47. The third-order valence-corrected chi connectivity index (χ3v) is 5.08. The average Bonchev–Trinajstić information content (AvgIpc) is 2.45. The number of amides is 1. The number of carbonyl (C=O) groups is 1. The molecule has 1 aliphatic carbocycles. The molecule has 3 nitrogen and oxygen atoms in total. The van der Waals surface area contributed by atoms with E-state index in [0.717, 1.165) is 48.6 Å². The molecule has 1 fully saturated rings. The molecular formula is C17H21BrN2O. The van der Waals surface area contributed by atoms with E-state index in [1.807, 2.05) is 19.1 Å². The monoisotopic (exact) mass is 348 g/mol. The maximum Gasteiger partial charge on any atom is 0.252 e. The minimum atomic E-state index is -0.696. The van der Waals surface area contributed by atoms with Gasteiger partial charge in [0.2, 0.25) is 0 Å². The van der Waals surface area contributed by atoms with E-state index in [2.05, 4.69) is 27.3 Å². The maximum absolute atomic E-state index is 12.5. The highest BCUT2D eigenvalue weighted by Gasteiger charge is 2.32. The van der Waals surface area contributed by atoms with Gasteiger partial charge in [-0.25, -0.2) is 0 Å². The largest absolute Gasteiger partial charge is 0.334 e. The molecule has 1 aromatic carbocycles. The van der Waals surface area contributed by atoms with Crippen LogP contribution in [0.5, 0.6) is 0 Å².